The Kier molecular flexibility index (Phi) is 6.86. The number of carbonyl (C=O) groups is 2. The van der Waals surface area contributed by atoms with Gasteiger partial charge in [0, 0.05) is 36.0 Å². The Labute approximate surface area is 199 Å². The highest BCUT2D eigenvalue weighted by Crippen LogP contribution is 2.21. The molecule has 0 aliphatic heterocycles. The van der Waals surface area contributed by atoms with Crippen molar-refractivity contribution in [1.29, 1.82) is 0 Å². The number of para-hydroxylation sites is 1. The van der Waals surface area contributed by atoms with E-state index in [2.05, 4.69) is 10.6 Å². The molecule has 4 rings (SSSR count). The number of benzene rings is 3. The van der Waals surface area contributed by atoms with Crippen molar-refractivity contribution in [3.8, 4) is 11.4 Å². The highest BCUT2D eigenvalue weighted by Gasteiger charge is 2.17. The smallest absolute Gasteiger partial charge is 0.262 e. The fourth-order valence-electron chi connectivity index (χ4n) is 3.63. The second kappa shape index (κ2) is 10.2. The lowest BCUT2D eigenvalue weighted by Crippen LogP contribution is -2.30. The standard InChI is InChI=1S/C26H21F2N3O4/c1-35-17-7-4-6-16(14-17)31-15-20(18-8-2-3-9-19(18)26(31)34)25(33)29-13-12-23(32)30-24-21(27)10-5-11-22(24)28/h2-11,14-15H,12-13H2,1H3,(H,29,33)(H,30,32). The summed E-state index contributed by atoms with van der Waals surface area (Å²) in [5, 5.41) is 5.60. The summed E-state index contributed by atoms with van der Waals surface area (Å²) in [5.74, 6) is -2.42. The van der Waals surface area contributed by atoms with Crippen LogP contribution in [0.25, 0.3) is 16.5 Å². The van der Waals surface area contributed by atoms with Crippen LogP contribution in [-0.4, -0.2) is 30.0 Å². The first-order chi connectivity index (χ1) is 16.9. The van der Waals surface area contributed by atoms with Crippen LogP contribution in [0.1, 0.15) is 16.8 Å². The molecule has 0 radical (unpaired) electrons. The lowest BCUT2D eigenvalue weighted by molar-refractivity contribution is -0.116. The predicted molar refractivity (Wildman–Crippen MR) is 128 cm³/mol. The molecule has 3 aromatic carbocycles. The number of aromatic nitrogens is 1. The number of fused-ring (bicyclic) bond motifs is 1. The molecule has 7 nitrogen and oxygen atoms in total. The number of hydrogen-bond acceptors (Lipinski definition) is 4. The maximum atomic E-state index is 13.7. The molecule has 2 amide bonds. The monoisotopic (exact) mass is 477 g/mol. The van der Waals surface area contributed by atoms with Crippen molar-refractivity contribution in [2.24, 2.45) is 0 Å². The normalized spacial score (nSPS) is 10.7. The van der Waals surface area contributed by atoms with Gasteiger partial charge in [-0.1, -0.05) is 30.3 Å². The van der Waals surface area contributed by atoms with Gasteiger partial charge in [0.2, 0.25) is 5.91 Å². The molecule has 4 aromatic rings. The zero-order chi connectivity index (χ0) is 24.9. The average Bonchev–Trinajstić information content (AvgIpc) is 2.86. The Hall–Kier alpha value is -4.53. The minimum absolute atomic E-state index is 0.0899. The maximum Gasteiger partial charge on any atom is 0.262 e. The van der Waals surface area contributed by atoms with Gasteiger partial charge in [-0.2, -0.15) is 0 Å². The molecule has 1 heterocycles. The van der Waals surface area contributed by atoms with Gasteiger partial charge >= 0.3 is 0 Å². The Morgan fingerprint density at radius 3 is 2.34 bits per heavy atom. The van der Waals surface area contributed by atoms with Gasteiger partial charge in [0.05, 0.1) is 18.4 Å². The Balaban J connectivity index is 1.56. The largest absolute Gasteiger partial charge is 0.497 e. The molecule has 0 aliphatic rings. The Bertz CT molecular complexity index is 1460. The molecule has 0 saturated heterocycles. The van der Waals surface area contributed by atoms with E-state index in [1.54, 1.807) is 48.5 Å². The molecule has 9 heteroatoms. The van der Waals surface area contributed by atoms with Gasteiger partial charge in [0.1, 0.15) is 23.1 Å². The number of nitrogens with zero attached hydrogens (tertiary/aromatic N) is 1. The van der Waals surface area contributed by atoms with Crippen LogP contribution in [0.3, 0.4) is 0 Å². The van der Waals surface area contributed by atoms with Crippen LogP contribution in [0.2, 0.25) is 0 Å². The number of hydrogen-bond donors (Lipinski definition) is 2. The molecule has 0 atom stereocenters. The third-order valence-electron chi connectivity index (χ3n) is 5.37. The number of pyridine rings is 1. The summed E-state index contributed by atoms with van der Waals surface area (Å²) in [7, 11) is 1.51. The number of carbonyl (C=O) groups excluding carboxylic acids is 2. The quantitative estimate of drug-likeness (QED) is 0.421. The van der Waals surface area contributed by atoms with Crippen LogP contribution >= 0.6 is 0 Å². The summed E-state index contributed by atoms with van der Waals surface area (Å²) in [4.78, 5) is 38.3. The molecule has 0 spiro atoms. The van der Waals surface area contributed by atoms with Crippen LogP contribution in [-0.2, 0) is 4.79 Å². The van der Waals surface area contributed by atoms with Crippen molar-refractivity contribution in [3.05, 3.63) is 100 Å². The van der Waals surface area contributed by atoms with E-state index in [0.717, 1.165) is 12.1 Å². The molecule has 0 aliphatic carbocycles. The van der Waals surface area contributed by atoms with Crippen LogP contribution in [0.5, 0.6) is 5.75 Å². The molecule has 1 aromatic heterocycles. The third kappa shape index (κ3) is 5.03. The van der Waals surface area contributed by atoms with Gasteiger partial charge in [-0.15, -0.1) is 0 Å². The molecule has 178 valence electrons. The van der Waals surface area contributed by atoms with E-state index in [4.69, 9.17) is 4.74 Å². The van der Waals surface area contributed by atoms with Crippen molar-refractivity contribution in [2.75, 3.05) is 19.0 Å². The van der Waals surface area contributed by atoms with E-state index in [-0.39, 0.29) is 24.1 Å². The maximum absolute atomic E-state index is 13.7. The number of nitrogens with one attached hydrogen (secondary N) is 2. The lowest BCUT2D eigenvalue weighted by atomic mass is 10.1. The van der Waals surface area contributed by atoms with Crippen molar-refractivity contribution < 1.29 is 23.1 Å². The second-order valence-electron chi connectivity index (χ2n) is 7.62. The first kappa shape index (κ1) is 23.6. The molecule has 35 heavy (non-hydrogen) atoms. The minimum atomic E-state index is -0.895. The van der Waals surface area contributed by atoms with Crippen LogP contribution in [0.15, 0.2) is 77.7 Å². The highest BCUT2D eigenvalue weighted by molar-refractivity contribution is 6.06. The number of halogens is 2. The van der Waals surface area contributed by atoms with Crippen LogP contribution in [0, 0.1) is 11.6 Å². The van der Waals surface area contributed by atoms with Gasteiger partial charge in [-0.05, 0) is 30.3 Å². The van der Waals surface area contributed by atoms with Gasteiger partial charge in [-0.3, -0.25) is 19.0 Å². The second-order valence-corrected chi connectivity index (χ2v) is 7.62. The molecular weight excluding hydrogens is 456 g/mol. The summed E-state index contributed by atoms with van der Waals surface area (Å²) in [6, 6.07) is 16.8. The molecule has 0 unspecified atom stereocenters. The van der Waals surface area contributed by atoms with Gasteiger partial charge in [0.25, 0.3) is 11.5 Å². The molecule has 2 N–H and O–H groups in total. The van der Waals surface area contributed by atoms with Gasteiger partial charge < -0.3 is 15.4 Å². The molecular formula is C26H21F2N3O4. The van der Waals surface area contributed by atoms with Gasteiger partial charge in [-0.25, -0.2) is 8.78 Å². The van der Waals surface area contributed by atoms with E-state index in [1.807, 2.05) is 0 Å². The number of anilines is 1. The van der Waals surface area contributed by atoms with Gasteiger partial charge in [0.15, 0.2) is 0 Å². The number of rotatable bonds is 7. The first-order valence-corrected chi connectivity index (χ1v) is 10.7. The third-order valence-corrected chi connectivity index (χ3v) is 5.37. The molecule has 0 bridgehead atoms. The van der Waals surface area contributed by atoms with E-state index in [0.29, 0.717) is 22.2 Å². The van der Waals surface area contributed by atoms with E-state index in [9.17, 15) is 23.2 Å². The Morgan fingerprint density at radius 2 is 1.63 bits per heavy atom. The highest BCUT2D eigenvalue weighted by atomic mass is 19.1. The predicted octanol–water partition coefficient (Wildman–Crippen LogP) is 4.04. The summed E-state index contributed by atoms with van der Waals surface area (Å²) in [6.45, 7) is -0.0899. The number of ether oxygens (including phenoxy) is 1. The fourth-order valence-corrected chi connectivity index (χ4v) is 3.63. The van der Waals surface area contributed by atoms with E-state index < -0.39 is 29.1 Å². The lowest BCUT2D eigenvalue weighted by Gasteiger charge is -2.13. The van der Waals surface area contributed by atoms with Crippen LogP contribution < -0.4 is 20.9 Å². The van der Waals surface area contributed by atoms with Crippen LogP contribution in [0.4, 0.5) is 14.5 Å². The zero-order valence-corrected chi connectivity index (χ0v) is 18.7. The summed E-state index contributed by atoms with van der Waals surface area (Å²) < 4.78 is 34.0. The van der Waals surface area contributed by atoms with E-state index in [1.165, 1.54) is 23.9 Å². The van der Waals surface area contributed by atoms with E-state index >= 15 is 0 Å². The SMILES string of the molecule is COc1cccc(-n2cc(C(=O)NCCC(=O)Nc3c(F)cccc3F)c3ccccc3c2=O)c1. The summed E-state index contributed by atoms with van der Waals surface area (Å²) >= 11 is 0. The zero-order valence-electron chi connectivity index (χ0n) is 18.7. The summed E-state index contributed by atoms with van der Waals surface area (Å²) in [6.07, 6.45) is 1.22. The fraction of sp³-hybridized carbons (Fsp3) is 0.115. The number of amides is 2. The van der Waals surface area contributed by atoms with Crippen molar-refractivity contribution in [2.45, 2.75) is 6.42 Å². The topological polar surface area (TPSA) is 89.4 Å². The number of methoxy groups -OCH3 is 1. The molecule has 0 fully saturated rings. The molecule has 0 saturated carbocycles. The average molecular weight is 477 g/mol. The van der Waals surface area contributed by atoms with Crippen molar-refractivity contribution in [1.82, 2.24) is 9.88 Å². The Morgan fingerprint density at radius 1 is 0.943 bits per heavy atom. The minimum Gasteiger partial charge on any atom is -0.497 e. The summed E-state index contributed by atoms with van der Waals surface area (Å²) in [5.41, 5.74) is -0.110. The van der Waals surface area contributed by atoms with Crippen molar-refractivity contribution >= 4 is 28.3 Å². The van der Waals surface area contributed by atoms with Crippen molar-refractivity contribution in [3.63, 3.8) is 0 Å². The first-order valence-electron chi connectivity index (χ1n) is 10.7.